The van der Waals surface area contributed by atoms with Crippen LogP contribution >= 0.6 is 0 Å². The molecule has 2 fully saturated rings. The van der Waals surface area contributed by atoms with Gasteiger partial charge in [0.2, 0.25) is 0 Å². The Kier molecular flexibility index (Phi) is 14.9. The molecule has 4 aliphatic heterocycles. The standard InChI is InChI=1S/C31H30N2.C30H29N3.Fe/c1-22-18-23(2)29(24(3)19-22)28-21-33(20-27-16-10-11-17-32-27)31(26-14-8-5-9-15-26)30(28)25-12-6-4-7-13-25;1-22-18-23(2)28(24(3)19-22)33-21-32(20-27-16-10-11-17-31-27)29(25-12-6-4-7-13-25)30(33)26-14-8-5-9-15-26;/h4-21,28,30-31H,1-3H3;4-21,29-30H,1-3H3;/q2*-2;+4/b2*27-20-;/t28?,30-,31+;29-,30-;/m01./s1. The number of likely N-dealkylation sites (tertiary alicyclic amines) is 1. The molecular formula is C61H59FeN5. The van der Waals surface area contributed by atoms with Gasteiger partial charge in [-0.15, -0.1) is 17.3 Å². The maximum Gasteiger partial charge on any atom is 4.00 e. The van der Waals surface area contributed by atoms with E-state index in [-0.39, 0.29) is 47.0 Å². The molecule has 6 heteroatoms. The van der Waals surface area contributed by atoms with Crippen molar-refractivity contribution in [2.24, 2.45) is 0 Å². The first-order valence-electron chi connectivity index (χ1n) is 23.1. The molecule has 2 saturated heterocycles. The van der Waals surface area contributed by atoms with Crippen molar-refractivity contribution in [3.05, 3.63) is 303 Å². The van der Waals surface area contributed by atoms with Crippen LogP contribution in [0.15, 0.2) is 218 Å². The van der Waals surface area contributed by atoms with Crippen LogP contribution in [-0.2, 0) is 17.1 Å². The molecule has 0 spiro atoms. The summed E-state index contributed by atoms with van der Waals surface area (Å²) in [5.41, 5.74) is 17.8. The van der Waals surface area contributed by atoms with Gasteiger partial charge in [-0.1, -0.05) is 199 Å². The van der Waals surface area contributed by atoms with Gasteiger partial charge < -0.3 is 25.3 Å². The van der Waals surface area contributed by atoms with E-state index < -0.39 is 0 Å². The summed E-state index contributed by atoms with van der Waals surface area (Å²) in [6.07, 6.45) is 20.2. The molecule has 336 valence electrons. The summed E-state index contributed by atoms with van der Waals surface area (Å²) >= 11 is 0. The number of hydrogen-bond acceptors (Lipinski definition) is 3. The second-order valence-corrected chi connectivity index (χ2v) is 17.9. The monoisotopic (exact) mass is 917 g/mol. The Morgan fingerprint density at radius 3 is 1.34 bits per heavy atom. The molecule has 0 aromatic heterocycles. The zero-order valence-corrected chi connectivity index (χ0v) is 40.4. The van der Waals surface area contributed by atoms with Crippen molar-refractivity contribution in [2.45, 2.75) is 71.5 Å². The quantitative estimate of drug-likeness (QED) is 0.113. The van der Waals surface area contributed by atoms with Gasteiger partial charge in [-0.2, -0.15) is 19.1 Å². The van der Waals surface area contributed by atoms with Gasteiger partial charge in [0.15, 0.2) is 0 Å². The van der Waals surface area contributed by atoms with Crippen LogP contribution in [0, 0.1) is 54.8 Å². The van der Waals surface area contributed by atoms with Crippen LogP contribution in [0.25, 0.3) is 10.6 Å². The third-order valence-corrected chi connectivity index (χ3v) is 13.1. The SMILES string of the molecule is Cc1cc(C)c(C2[CH-]N(/C=C3/C=CC=C[N-]3)[C@H](c3ccccc3)[C@H]2c2ccccc2)c(C)c1.Cc1cc(C)c(N2[CH-]N(/C=C3/C=CC=C[N-]3)[C@H](c3ccccc3)[C@H]2c2ccccc2)c(C)c1.[Fe+4]. The minimum absolute atomic E-state index is 0. The normalized spacial score (nSPS) is 21.8. The third kappa shape index (κ3) is 10.3. The van der Waals surface area contributed by atoms with Crippen molar-refractivity contribution in [1.82, 2.24) is 9.80 Å². The number of nitrogens with zero attached hydrogens (tertiary/aromatic N) is 5. The Bertz CT molecular complexity index is 2570. The summed E-state index contributed by atoms with van der Waals surface area (Å²) < 4.78 is 0. The molecule has 0 aliphatic carbocycles. The van der Waals surface area contributed by atoms with Gasteiger partial charge in [0, 0.05) is 17.8 Å². The molecule has 6 aromatic carbocycles. The van der Waals surface area contributed by atoms with Gasteiger partial charge in [0.05, 0.1) is 6.04 Å². The molecule has 0 bridgehead atoms. The fourth-order valence-electron chi connectivity index (χ4n) is 10.6. The molecular weight excluding hydrogens is 859 g/mol. The summed E-state index contributed by atoms with van der Waals surface area (Å²) in [7, 11) is 0. The number of aryl methyl sites for hydroxylation is 6. The molecule has 0 N–H and O–H groups in total. The number of benzene rings is 6. The number of anilines is 1. The molecule has 6 aromatic rings. The molecule has 0 saturated carbocycles. The Labute approximate surface area is 410 Å². The molecule has 10 rings (SSSR count). The fourth-order valence-corrected chi connectivity index (χ4v) is 10.6. The topological polar surface area (TPSA) is 37.9 Å². The van der Waals surface area contributed by atoms with E-state index in [0.29, 0.717) is 0 Å². The van der Waals surface area contributed by atoms with E-state index in [1.54, 1.807) is 0 Å². The number of rotatable bonds is 8. The Balaban J connectivity index is 0.000000179. The van der Waals surface area contributed by atoms with E-state index in [1.807, 2.05) is 36.7 Å². The molecule has 67 heavy (non-hydrogen) atoms. The zero-order valence-electron chi connectivity index (χ0n) is 39.3. The Morgan fingerprint density at radius 2 is 0.881 bits per heavy atom. The van der Waals surface area contributed by atoms with Gasteiger partial charge in [-0.3, -0.25) is 0 Å². The molecule has 0 radical (unpaired) electrons. The van der Waals surface area contributed by atoms with Gasteiger partial charge in [-0.05, 0) is 104 Å². The minimum atomic E-state index is 0. The largest absolute Gasteiger partial charge is 4.00 e. The minimum Gasteiger partial charge on any atom is -0.663 e. The van der Waals surface area contributed by atoms with E-state index >= 15 is 0 Å². The first-order valence-corrected chi connectivity index (χ1v) is 23.1. The maximum absolute atomic E-state index is 4.60. The first kappa shape index (κ1) is 46.8. The molecule has 4 heterocycles. The summed E-state index contributed by atoms with van der Waals surface area (Å²) in [6.45, 7) is 18.0. The van der Waals surface area contributed by atoms with Gasteiger partial charge >= 0.3 is 17.1 Å². The van der Waals surface area contributed by atoms with Crippen LogP contribution in [0.2, 0.25) is 0 Å². The van der Waals surface area contributed by atoms with Crippen molar-refractivity contribution in [3.63, 3.8) is 0 Å². The van der Waals surface area contributed by atoms with E-state index in [9.17, 15) is 0 Å². The zero-order chi connectivity index (χ0) is 45.6. The molecule has 5 atom stereocenters. The molecule has 4 aliphatic rings. The van der Waals surface area contributed by atoms with Crippen LogP contribution in [0.3, 0.4) is 0 Å². The maximum atomic E-state index is 4.60. The summed E-state index contributed by atoms with van der Waals surface area (Å²) in [5, 5.41) is 9.17. The van der Waals surface area contributed by atoms with Crippen molar-refractivity contribution >= 4 is 5.69 Å². The van der Waals surface area contributed by atoms with Gasteiger partial charge in [0.1, 0.15) is 0 Å². The fraction of sp³-hybridized carbons (Fsp3) is 0.180. The van der Waals surface area contributed by atoms with Crippen LogP contribution < -0.4 is 4.90 Å². The van der Waals surface area contributed by atoms with Crippen molar-refractivity contribution in [1.29, 1.82) is 0 Å². The van der Waals surface area contributed by atoms with Gasteiger partial charge in [-0.25, -0.2) is 6.54 Å². The third-order valence-electron chi connectivity index (χ3n) is 13.1. The van der Waals surface area contributed by atoms with Gasteiger partial charge in [0.25, 0.3) is 0 Å². The summed E-state index contributed by atoms with van der Waals surface area (Å²) in [6, 6.07) is 53.1. The van der Waals surface area contributed by atoms with Crippen LogP contribution in [0.4, 0.5) is 5.69 Å². The predicted octanol–water partition coefficient (Wildman–Crippen LogP) is 15.6. The Morgan fingerprint density at radius 1 is 0.463 bits per heavy atom. The average Bonchev–Trinajstić information content (AvgIpc) is 3.88. The van der Waals surface area contributed by atoms with Crippen LogP contribution in [0.5, 0.6) is 0 Å². The van der Waals surface area contributed by atoms with Crippen molar-refractivity contribution in [2.75, 3.05) is 4.90 Å². The van der Waals surface area contributed by atoms with Crippen molar-refractivity contribution < 1.29 is 17.1 Å². The molecule has 5 nitrogen and oxygen atoms in total. The second-order valence-electron chi connectivity index (χ2n) is 17.9. The first-order chi connectivity index (χ1) is 32.2. The summed E-state index contributed by atoms with van der Waals surface area (Å²) in [4.78, 5) is 7.18. The smallest absolute Gasteiger partial charge is 0.663 e. The molecule has 0 amide bonds. The predicted molar refractivity (Wildman–Crippen MR) is 275 cm³/mol. The van der Waals surface area contributed by atoms with Crippen molar-refractivity contribution in [3.8, 4) is 0 Å². The van der Waals surface area contributed by atoms with E-state index in [0.717, 1.165) is 11.4 Å². The van der Waals surface area contributed by atoms with Crippen LogP contribution in [-0.4, -0.2) is 9.80 Å². The second kappa shape index (κ2) is 21.3. The number of hydrogen-bond donors (Lipinski definition) is 0. The summed E-state index contributed by atoms with van der Waals surface area (Å²) in [5.74, 6) is 0.548. The van der Waals surface area contributed by atoms with E-state index in [1.165, 1.54) is 66.9 Å². The molecule has 1 unspecified atom stereocenters. The van der Waals surface area contributed by atoms with E-state index in [4.69, 9.17) is 0 Å². The van der Waals surface area contributed by atoms with Crippen LogP contribution in [0.1, 0.15) is 91.2 Å². The van der Waals surface area contributed by atoms with E-state index in [2.05, 4.69) is 250 Å². The number of allylic oxidation sites excluding steroid dienone is 6. The Hall–Kier alpha value is -6.72. The average molecular weight is 918 g/mol.